The van der Waals surface area contributed by atoms with Crippen LogP contribution in [-0.2, 0) is 17.1 Å². The molecule has 7 heteroatoms. The molecule has 158 valence electrons. The molecule has 1 heterocycles. The Kier molecular flexibility index (Phi) is 7.82. The number of carbonyl (C=O) groups excluding carboxylic acids is 1. The van der Waals surface area contributed by atoms with Gasteiger partial charge in [0.05, 0.1) is 17.8 Å². The van der Waals surface area contributed by atoms with Crippen molar-refractivity contribution in [2.45, 2.75) is 26.1 Å². The van der Waals surface area contributed by atoms with Gasteiger partial charge in [-0.05, 0) is 66.9 Å². The maximum absolute atomic E-state index is 12.8. The maximum atomic E-state index is 12.8. The highest BCUT2D eigenvalue weighted by atomic mass is 35.5. The fraction of sp³-hybridized carbons (Fsp3) is 0.167. The molecule has 31 heavy (non-hydrogen) atoms. The summed E-state index contributed by atoms with van der Waals surface area (Å²) in [7, 11) is 0. The first kappa shape index (κ1) is 22.5. The molecule has 5 nitrogen and oxygen atoms in total. The van der Waals surface area contributed by atoms with Crippen LogP contribution in [0.1, 0.15) is 22.5 Å². The Hall–Kier alpha value is -3.14. The van der Waals surface area contributed by atoms with Gasteiger partial charge < -0.3 is 15.1 Å². The molecule has 0 fully saturated rings. The average Bonchev–Trinajstić information content (AvgIpc) is 3.28. The van der Waals surface area contributed by atoms with Crippen LogP contribution >= 0.6 is 23.4 Å². The topological polar surface area (TPSA) is 78.1 Å². The lowest BCUT2D eigenvalue weighted by Gasteiger charge is -2.14. The predicted octanol–water partition coefficient (Wildman–Crippen LogP) is 5.95. The molecule has 0 unspecified atom stereocenters. The Morgan fingerprint density at radius 1 is 1.13 bits per heavy atom. The van der Waals surface area contributed by atoms with Crippen molar-refractivity contribution in [3.63, 3.8) is 0 Å². The van der Waals surface area contributed by atoms with Crippen molar-refractivity contribution in [1.29, 1.82) is 5.26 Å². The van der Waals surface area contributed by atoms with Crippen LogP contribution in [-0.4, -0.2) is 5.91 Å². The van der Waals surface area contributed by atoms with Gasteiger partial charge in [-0.1, -0.05) is 29.8 Å². The summed E-state index contributed by atoms with van der Waals surface area (Å²) in [5, 5.41) is 16.9. The van der Waals surface area contributed by atoms with Crippen LogP contribution in [0.4, 0.5) is 5.69 Å². The number of nitriles is 1. The van der Waals surface area contributed by atoms with Crippen LogP contribution in [0, 0.1) is 25.2 Å². The molecule has 0 radical (unpaired) electrons. The lowest BCUT2D eigenvalue weighted by atomic mass is 10.1. The Labute approximate surface area is 191 Å². The minimum Gasteiger partial charge on any atom is -0.467 e. The van der Waals surface area contributed by atoms with Crippen LogP contribution in [0.15, 0.2) is 75.9 Å². The van der Waals surface area contributed by atoms with Gasteiger partial charge in [-0.25, -0.2) is 0 Å². The molecule has 0 bridgehead atoms. The zero-order chi connectivity index (χ0) is 22.2. The molecule has 3 rings (SSSR count). The second-order valence-corrected chi connectivity index (χ2v) is 8.34. The van der Waals surface area contributed by atoms with Gasteiger partial charge in [-0.15, -0.1) is 11.8 Å². The van der Waals surface area contributed by atoms with E-state index in [1.165, 1.54) is 23.6 Å². The summed E-state index contributed by atoms with van der Waals surface area (Å²) in [5.41, 5.74) is 4.15. The fourth-order valence-corrected chi connectivity index (χ4v) is 3.83. The normalized spacial score (nSPS) is 11.4. The first-order chi connectivity index (χ1) is 15.0. The molecule has 0 spiro atoms. The van der Waals surface area contributed by atoms with Gasteiger partial charge >= 0.3 is 0 Å². The Morgan fingerprint density at radius 2 is 1.90 bits per heavy atom. The molecule has 2 N–H and O–H groups in total. The molecular weight excluding hydrogens is 430 g/mol. The number of nitrogens with zero attached hydrogens (tertiary/aromatic N) is 1. The first-order valence-corrected chi connectivity index (χ1v) is 11.0. The number of hydrogen-bond donors (Lipinski definition) is 2. The minimum atomic E-state index is -0.464. The van der Waals surface area contributed by atoms with Gasteiger partial charge in [0.25, 0.3) is 5.91 Å². The van der Waals surface area contributed by atoms with E-state index in [1.54, 1.807) is 12.1 Å². The van der Waals surface area contributed by atoms with Crippen LogP contribution in [0.2, 0.25) is 5.02 Å². The summed E-state index contributed by atoms with van der Waals surface area (Å²) in [4.78, 5) is 12.8. The first-order valence-electron chi connectivity index (χ1n) is 9.62. The molecular formula is C24H22ClN3O2S. The summed E-state index contributed by atoms with van der Waals surface area (Å²) >= 11 is 7.36. The number of nitrogens with one attached hydrogen (secondary N) is 2. The maximum Gasteiger partial charge on any atom is 0.265 e. The second kappa shape index (κ2) is 10.8. The van der Waals surface area contributed by atoms with Crippen LogP contribution in [0.5, 0.6) is 0 Å². The quantitative estimate of drug-likeness (QED) is 0.327. The summed E-state index contributed by atoms with van der Waals surface area (Å²) in [5.74, 6) is 0.720. The number of hydrogen-bond acceptors (Lipinski definition) is 5. The van der Waals surface area contributed by atoms with E-state index in [9.17, 15) is 10.1 Å². The molecule has 1 amide bonds. The zero-order valence-electron chi connectivity index (χ0n) is 17.2. The van der Waals surface area contributed by atoms with Gasteiger partial charge in [0, 0.05) is 16.5 Å². The van der Waals surface area contributed by atoms with E-state index in [-0.39, 0.29) is 12.1 Å². The summed E-state index contributed by atoms with van der Waals surface area (Å²) < 4.78 is 5.25. The van der Waals surface area contributed by atoms with Gasteiger partial charge in [0.2, 0.25) is 0 Å². The van der Waals surface area contributed by atoms with E-state index >= 15 is 0 Å². The molecule has 0 atom stereocenters. The summed E-state index contributed by atoms with van der Waals surface area (Å²) in [6.07, 6.45) is 1.54. The van der Waals surface area contributed by atoms with Gasteiger partial charge in [-0.3, -0.25) is 4.79 Å². The molecule has 0 saturated heterocycles. The highest BCUT2D eigenvalue weighted by molar-refractivity contribution is 8.02. The Balaban J connectivity index is 1.84. The highest BCUT2D eigenvalue weighted by Gasteiger charge is 2.17. The lowest BCUT2D eigenvalue weighted by molar-refractivity contribution is -0.117. The van der Waals surface area contributed by atoms with E-state index in [0.717, 1.165) is 16.8 Å². The third-order valence-corrected chi connectivity index (χ3v) is 5.95. The molecule has 2 aromatic carbocycles. The number of rotatable bonds is 8. The Bertz CT molecular complexity index is 1120. The number of aryl methyl sites for hydroxylation is 2. The van der Waals surface area contributed by atoms with E-state index in [4.69, 9.17) is 16.0 Å². The second-order valence-electron chi connectivity index (χ2n) is 6.92. The minimum absolute atomic E-state index is 0.0174. The van der Waals surface area contributed by atoms with Gasteiger partial charge in [0.15, 0.2) is 0 Å². The van der Waals surface area contributed by atoms with E-state index < -0.39 is 5.91 Å². The van der Waals surface area contributed by atoms with E-state index in [2.05, 4.69) is 16.7 Å². The van der Waals surface area contributed by atoms with Gasteiger partial charge in [-0.2, -0.15) is 5.26 Å². The number of furan rings is 1. The van der Waals surface area contributed by atoms with Crippen molar-refractivity contribution in [2.24, 2.45) is 0 Å². The average molecular weight is 452 g/mol. The monoisotopic (exact) mass is 451 g/mol. The molecule has 0 saturated carbocycles. The highest BCUT2D eigenvalue weighted by Crippen LogP contribution is 2.28. The molecule has 0 aliphatic rings. The van der Waals surface area contributed by atoms with Crippen molar-refractivity contribution in [3.05, 3.63) is 98.9 Å². The molecule has 0 aliphatic carbocycles. The largest absolute Gasteiger partial charge is 0.467 e. The van der Waals surface area contributed by atoms with E-state index in [1.807, 2.05) is 56.3 Å². The number of thioether (sulfide) groups is 1. The molecule has 0 aliphatic heterocycles. The zero-order valence-corrected chi connectivity index (χ0v) is 18.8. The summed E-state index contributed by atoms with van der Waals surface area (Å²) in [6.45, 7) is 4.26. The number of amides is 1. The van der Waals surface area contributed by atoms with Gasteiger partial charge in [0.1, 0.15) is 17.4 Å². The summed E-state index contributed by atoms with van der Waals surface area (Å²) in [6, 6.07) is 19.0. The number of anilines is 1. The third kappa shape index (κ3) is 6.42. The van der Waals surface area contributed by atoms with Crippen molar-refractivity contribution < 1.29 is 9.21 Å². The van der Waals surface area contributed by atoms with Crippen molar-refractivity contribution in [1.82, 2.24) is 5.32 Å². The van der Waals surface area contributed by atoms with Crippen molar-refractivity contribution in [3.8, 4) is 6.07 Å². The standard InChI is InChI=1S/C24H22ClN3O2S/c1-16-5-10-20(12-17(16)2)28-24(31-15-18-6-8-19(25)9-7-18)22(13-26)23(29)27-14-21-4-3-11-30-21/h3-12,28H,14-15H2,1-2H3,(H,27,29)/b24-22+. The lowest BCUT2D eigenvalue weighted by Crippen LogP contribution is -2.25. The van der Waals surface area contributed by atoms with Crippen LogP contribution < -0.4 is 10.6 Å². The van der Waals surface area contributed by atoms with Crippen molar-refractivity contribution in [2.75, 3.05) is 5.32 Å². The molecule has 3 aromatic rings. The number of halogens is 1. The predicted molar refractivity (Wildman–Crippen MR) is 125 cm³/mol. The van der Waals surface area contributed by atoms with Crippen molar-refractivity contribution >= 4 is 35.0 Å². The fourth-order valence-electron chi connectivity index (χ4n) is 2.73. The van der Waals surface area contributed by atoms with Crippen LogP contribution in [0.3, 0.4) is 0 Å². The van der Waals surface area contributed by atoms with E-state index in [0.29, 0.717) is 21.6 Å². The Morgan fingerprint density at radius 3 is 2.55 bits per heavy atom. The SMILES string of the molecule is Cc1ccc(N/C(SCc2ccc(Cl)cc2)=C(/C#N)C(=O)NCc2ccco2)cc1C. The number of benzene rings is 2. The van der Waals surface area contributed by atoms with Crippen LogP contribution in [0.25, 0.3) is 0 Å². The molecule has 1 aromatic heterocycles. The smallest absolute Gasteiger partial charge is 0.265 e. The third-order valence-electron chi connectivity index (χ3n) is 4.63. The number of carbonyl (C=O) groups is 1.